The van der Waals surface area contributed by atoms with Gasteiger partial charge in [0.25, 0.3) is 0 Å². The van der Waals surface area contributed by atoms with Gasteiger partial charge in [-0.3, -0.25) is 0 Å². The van der Waals surface area contributed by atoms with Crippen LogP contribution in [0.15, 0.2) is 24.3 Å². The first kappa shape index (κ1) is 13.2. The van der Waals surface area contributed by atoms with Crippen LogP contribution in [0, 0.1) is 0 Å². The summed E-state index contributed by atoms with van der Waals surface area (Å²) >= 11 is 0. The second-order valence-electron chi connectivity index (χ2n) is 5.21. The molecule has 0 amide bonds. The molecule has 1 atom stereocenters. The van der Waals surface area contributed by atoms with Crippen LogP contribution >= 0.6 is 0 Å². The SMILES string of the molecule is CCC(N)CCCN1CCN(C)c2ccccc21. The van der Waals surface area contributed by atoms with Gasteiger partial charge in [0.05, 0.1) is 11.4 Å². The Morgan fingerprint density at radius 1 is 1.22 bits per heavy atom. The number of fused-ring (bicyclic) bond motifs is 1. The van der Waals surface area contributed by atoms with Crippen molar-refractivity contribution in [2.75, 3.05) is 36.5 Å². The number of benzene rings is 1. The van der Waals surface area contributed by atoms with E-state index in [1.54, 1.807) is 0 Å². The standard InChI is InChI=1S/C15H25N3/c1-3-13(16)7-6-10-18-12-11-17(2)14-8-4-5-9-15(14)18/h4-5,8-9,13H,3,6-7,10-12,16H2,1-2H3. The lowest BCUT2D eigenvalue weighted by Crippen LogP contribution is -2.39. The summed E-state index contributed by atoms with van der Waals surface area (Å²) in [6, 6.07) is 9.05. The minimum atomic E-state index is 0.368. The van der Waals surface area contributed by atoms with E-state index in [0.717, 1.165) is 32.5 Å². The minimum absolute atomic E-state index is 0.368. The first-order valence-electron chi connectivity index (χ1n) is 7.03. The Hall–Kier alpha value is -1.22. The Bertz CT molecular complexity index is 378. The average molecular weight is 247 g/mol. The highest BCUT2D eigenvalue weighted by molar-refractivity contribution is 5.72. The van der Waals surface area contributed by atoms with Crippen LogP contribution in [0.3, 0.4) is 0 Å². The summed E-state index contributed by atoms with van der Waals surface area (Å²) < 4.78 is 0. The maximum atomic E-state index is 5.98. The molecule has 0 bridgehead atoms. The van der Waals surface area contributed by atoms with Crippen molar-refractivity contribution in [3.63, 3.8) is 0 Å². The van der Waals surface area contributed by atoms with Crippen molar-refractivity contribution in [3.8, 4) is 0 Å². The lowest BCUT2D eigenvalue weighted by Gasteiger charge is -2.37. The number of hydrogen-bond donors (Lipinski definition) is 1. The van der Waals surface area contributed by atoms with Crippen molar-refractivity contribution in [1.82, 2.24) is 0 Å². The van der Waals surface area contributed by atoms with E-state index >= 15 is 0 Å². The smallest absolute Gasteiger partial charge is 0.0604 e. The Morgan fingerprint density at radius 3 is 2.67 bits per heavy atom. The van der Waals surface area contributed by atoms with Crippen LogP contribution in [0.1, 0.15) is 26.2 Å². The van der Waals surface area contributed by atoms with E-state index in [-0.39, 0.29) is 0 Å². The Balaban J connectivity index is 1.96. The van der Waals surface area contributed by atoms with Crippen LogP contribution in [0.2, 0.25) is 0 Å². The largest absolute Gasteiger partial charge is 0.371 e. The number of hydrogen-bond acceptors (Lipinski definition) is 3. The van der Waals surface area contributed by atoms with Crippen molar-refractivity contribution in [2.45, 2.75) is 32.2 Å². The zero-order valence-corrected chi connectivity index (χ0v) is 11.6. The van der Waals surface area contributed by atoms with E-state index in [1.807, 2.05) is 0 Å². The van der Waals surface area contributed by atoms with E-state index in [4.69, 9.17) is 5.73 Å². The molecule has 2 N–H and O–H groups in total. The summed E-state index contributed by atoms with van der Waals surface area (Å²) in [6.45, 7) is 5.51. The third-order valence-corrected chi connectivity index (χ3v) is 3.87. The molecular weight excluding hydrogens is 222 g/mol. The van der Waals surface area contributed by atoms with E-state index in [1.165, 1.54) is 17.8 Å². The molecule has 1 aromatic carbocycles. The first-order valence-corrected chi connectivity index (χ1v) is 7.03. The van der Waals surface area contributed by atoms with Gasteiger partial charge in [-0.1, -0.05) is 19.1 Å². The van der Waals surface area contributed by atoms with E-state index in [0.29, 0.717) is 6.04 Å². The summed E-state index contributed by atoms with van der Waals surface area (Å²) in [5.74, 6) is 0. The molecule has 2 rings (SSSR count). The van der Waals surface area contributed by atoms with Crippen LogP contribution in [-0.4, -0.2) is 32.7 Å². The lowest BCUT2D eigenvalue weighted by atomic mass is 10.1. The molecule has 1 aliphatic rings. The van der Waals surface area contributed by atoms with Gasteiger partial charge >= 0.3 is 0 Å². The fourth-order valence-corrected chi connectivity index (χ4v) is 2.55. The Morgan fingerprint density at radius 2 is 1.94 bits per heavy atom. The second-order valence-corrected chi connectivity index (χ2v) is 5.21. The highest BCUT2D eigenvalue weighted by Gasteiger charge is 2.19. The molecule has 0 saturated heterocycles. The van der Waals surface area contributed by atoms with E-state index < -0.39 is 0 Å². The molecule has 0 aliphatic carbocycles. The van der Waals surface area contributed by atoms with Gasteiger partial charge in [0.15, 0.2) is 0 Å². The molecule has 3 heteroatoms. The van der Waals surface area contributed by atoms with Gasteiger partial charge in [-0.15, -0.1) is 0 Å². The first-order chi connectivity index (χ1) is 8.72. The maximum absolute atomic E-state index is 5.98. The number of anilines is 2. The quantitative estimate of drug-likeness (QED) is 0.867. The van der Waals surface area contributed by atoms with Gasteiger partial charge in [0.1, 0.15) is 0 Å². The molecule has 18 heavy (non-hydrogen) atoms. The van der Waals surface area contributed by atoms with E-state index in [9.17, 15) is 0 Å². The number of likely N-dealkylation sites (N-methyl/N-ethyl adjacent to an activating group) is 1. The monoisotopic (exact) mass is 247 g/mol. The molecule has 0 saturated carbocycles. The zero-order chi connectivity index (χ0) is 13.0. The predicted molar refractivity (Wildman–Crippen MR) is 79.4 cm³/mol. The highest BCUT2D eigenvalue weighted by Crippen LogP contribution is 2.31. The van der Waals surface area contributed by atoms with Gasteiger partial charge in [-0.05, 0) is 31.4 Å². The van der Waals surface area contributed by atoms with Crippen LogP contribution in [0.4, 0.5) is 11.4 Å². The number of para-hydroxylation sites is 2. The van der Waals surface area contributed by atoms with Crippen molar-refractivity contribution < 1.29 is 0 Å². The van der Waals surface area contributed by atoms with Gasteiger partial charge in [-0.25, -0.2) is 0 Å². The van der Waals surface area contributed by atoms with Crippen molar-refractivity contribution in [1.29, 1.82) is 0 Å². The Kier molecular flexibility index (Phi) is 4.48. The van der Waals surface area contributed by atoms with Gasteiger partial charge in [0.2, 0.25) is 0 Å². The Labute approximate surface area is 111 Å². The van der Waals surface area contributed by atoms with Crippen LogP contribution in [0.25, 0.3) is 0 Å². The summed E-state index contributed by atoms with van der Waals surface area (Å²) in [7, 11) is 2.17. The topological polar surface area (TPSA) is 32.5 Å². The maximum Gasteiger partial charge on any atom is 0.0604 e. The summed E-state index contributed by atoms with van der Waals surface area (Å²) in [5, 5.41) is 0. The van der Waals surface area contributed by atoms with E-state index in [2.05, 4.69) is 48.0 Å². The second kappa shape index (κ2) is 6.10. The third-order valence-electron chi connectivity index (χ3n) is 3.87. The summed E-state index contributed by atoms with van der Waals surface area (Å²) in [5.41, 5.74) is 8.70. The number of nitrogens with zero attached hydrogens (tertiary/aromatic N) is 2. The van der Waals surface area contributed by atoms with Crippen molar-refractivity contribution in [2.24, 2.45) is 5.73 Å². The third kappa shape index (κ3) is 2.96. The normalized spacial score (nSPS) is 16.6. The number of nitrogens with two attached hydrogens (primary N) is 1. The van der Waals surface area contributed by atoms with Gasteiger partial charge in [-0.2, -0.15) is 0 Å². The molecule has 0 fully saturated rings. The molecule has 100 valence electrons. The fourth-order valence-electron chi connectivity index (χ4n) is 2.55. The summed E-state index contributed by atoms with van der Waals surface area (Å²) in [6.07, 6.45) is 3.40. The van der Waals surface area contributed by atoms with Crippen molar-refractivity contribution in [3.05, 3.63) is 24.3 Å². The lowest BCUT2D eigenvalue weighted by molar-refractivity contribution is 0.559. The molecule has 0 spiro atoms. The van der Waals surface area contributed by atoms with Crippen LogP contribution in [-0.2, 0) is 0 Å². The van der Waals surface area contributed by atoms with Gasteiger partial charge < -0.3 is 15.5 Å². The molecule has 0 aromatic heterocycles. The molecule has 1 heterocycles. The van der Waals surface area contributed by atoms with Crippen LogP contribution < -0.4 is 15.5 Å². The van der Waals surface area contributed by atoms with Gasteiger partial charge in [0, 0.05) is 32.7 Å². The number of rotatable bonds is 5. The highest BCUT2D eigenvalue weighted by atomic mass is 15.2. The molecule has 1 aromatic rings. The molecule has 3 nitrogen and oxygen atoms in total. The predicted octanol–water partition coefficient (Wildman–Crippen LogP) is 2.46. The average Bonchev–Trinajstić information content (AvgIpc) is 2.41. The minimum Gasteiger partial charge on any atom is -0.371 e. The zero-order valence-electron chi connectivity index (χ0n) is 11.6. The fraction of sp³-hybridized carbons (Fsp3) is 0.600. The molecule has 1 unspecified atom stereocenters. The molecule has 0 radical (unpaired) electrons. The van der Waals surface area contributed by atoms with Crippen molar-refractivity contribution >= 4 is 11.4 Å². The molecular formula is C15H25N3. The summed E-state index contributed by atoms with van der Waals surface area (Å²) in [4.78, 5) is 4.83. The molecule has 1 aliphatic heterocycles. The van der Waals surface area contributed by atoms with Crippen LogP contribution in [0.5, 0.6) is 0 Å².